The van der Waals surface area contributed by atoms with Crippen molar-refractivity contribution in [2.24, 2.45) is 11.8 Å². The van der Waals surface area contributed by atoms with Crippen LogP contribution in [0.5, 0.6) is 0 Å². The van der Waals surface area contributed by atoms with Crippen LogP contribution in [0.4, 0.5) is 0 Å². The van der Waals surface area contributed by atoms with Crippen molar-refractivity contribution in [3.63, 3.8) is 0 Å². The minimum atomic E-state index is -0.183. The van der Waals surface area contributed by atoms with Crippen molar-refractivity contribution in [2.45, 2.75) is 42.9 Å². The second kappa shape index (κ2) is 6.94. The fourth-order valence-corrected chi connectivity index (χ4v) is 7.91. The van der Waals surface area contributed by atoms with E-state index < -0.39 is 0 Å². The molecule has 0 bridgehead atoms. The van der Waals surface area contributed by atoms with E-state index in [9.17, 15) is 19.2 Å². The first kappa shape index (κ1) is 21.3. The Morgan fingerprint density at radius 1 is 0.703 bits per heavy atom. The lowest BCUT2D eigenvalue weighted by Crippen LogP contribution is -2.35. The van der Waals surface area contributed by atoms with Crippen molar-refractivity contribution < 1.29 is 19.2 Å². The monoisotopic (exact) mass is 490 g/mol. The highest BCUT2D eigenvalue weighted by Gasteiger charge is 2.68. The van der Waals surface area contributed by atoms with E-state index >= 15 is 0 Å². The van der Waals surface area contributed by atoms with Crippen LogP contribution >= 0.6 is 0 Å². The molecular weight excluding hydrogens is 464 g/mol. The summed E-state index contributed by atoms with van der Waals surface area (Å²) in [7, 11) is 0. The fraction of sp³-hybridized carbons (Fsp3) is 0.355. The molecule has 2 amide bonds. The van der Waals surface area contributed by atoms with E-state index in [2.05, 4.69) is 0 Å². The lowest BCUT2D eigenvalue weighted by molar-refractivity contribution is -0.130. The Kier molecular flexibility index (Phi) is 4.00. The van der Waals surface area contributed by atoms with Gasteiger partial charge in [-0.1, -0.05) is 48.5 Å². The standard InChI is InChI=1S/C31H26N2O4/c34-24-12-26-30(22-8-3-1-6-20(22)24)14-18(30)16-32(26)28(36)10-5-11-29(37)33-17-19-15-31(19)23-9-4-2-7-21(23)25(35)13-27(31)33/h1-4,6-9,12-13,18-19H,5,10-11,14-17H2/t18-,19-,30?,31?/m1/s1. The molecule has 0 N–H and O–H groups in total. The van der Waals surface area contributed by atoms with Gasteiger partial charge < -0.3 is 9.80 Å². The number of nitrogens with zero attached hydrogens (tertiary/aromatic N) is 2. The van der Waals surface area contributed by atoms with Crippen molar-refractivity contribution in [3.05, 3.63) is 94.3 Å². The van der Waals surface area contributed by atoms with Gasteiger partial charge >= 0.3 is 0 Å². The molecule has 2 aromatic rings. The quantitative estimate of drug-likeness (QED) is 0.651. The molecule has 6 heteroatoms. The van der Waals surface area contributed by atoms with Gasteiger partial charge in [-0.2, -0.15) is 0 Å². The van der Waals surface area contributed by atoms with Crippen molar-refractivity contribution in [1.82, 2.24) is 9.80 Å². The van der Waals surface area contributed by atoms with E-state index in [1.54, 1.807) is 22.0 Å². The number of amides is 2. The molecule has 6 nitrogen and oxygen atoms in total. The Labute approximate surface area is 214 Å². The molecule has 2 spiro atoms. The number of piperidine rings is 2. The molecule has 2 heterocycles. The summed E-state index contributed by atoms with van der Waals surface area (Å²) in [5.74, 6) is 0.638. The van der Waals surface area contributed by atoms with Crippen molar-refractivity contribution >= 4 is 23.4 Å². The second-order valence-corrected chi connectivity index (χ2v) is 11.5. The number of benzene rings is 2. The molecular formula is C31H26N2O4. The first-order valence-corrected chi connectivity index (χ1v) is 13.3. The highest BCUT2D eigenvalue weighted by Crippen LogP contribution is 2.67. The largest absolute Gasteiger partial charge is 0.315 e. The molecule has 0 radical (unpaired) electrons. The molecule has 4 atom stereocenters. The number of allylic oxidation sites excluding steroid dienone is 4. The van der Waals surface area contributed by atoms with Gasteiger partial charge in [-0.05, 0) is 42.2 Å². The van der Waals surface area contributed by atoms with Crippen LogP contribution in [-0.4, -0.2) is 46.3 Å². The third-order valence-electron chi connectivity index (χ3n) is 9.78. The van der Waals surface area contributed by atoms with Gasteiger partial charge in [0, 0.05) is 71.4 Å². The lowest BCUT2D eigenvalue weighted by Gasteiger charge is -2.30. The molecule has 6 aliphatic rings. The van der Waals surface area contributed by atoms with Crippen LogP contribution in [0.2, 0.25) is 0 Å². The van der Waals surface area contributed by atoms with E-state index in [0.29, 0.717) is 31.3 Å². The normalized spacial score (nSPS) is 31.4. The fourth-order valence-electron chi connectivity index (χ4n) is 7.91. The summed E-state index contributed by atoms with van der Waals surface area (Å²) in [4.78, 5) is 55.6. The van der Waals surface area contributed by atoms with E-state index in [-0.39, 0.29) is 47.1 Å². The number of carbonyl (C=O) groups is 4. The highest BCUT2D eigenvalue weighted by molar-refractivity contribution is 6.10. The third kappa shape index (κ3) is 2.60. The van der Waals surface area contributed by atoms with Crippen LogP contribution in [-0.2, 0) is 20.4 Å². The summed E-state index contributed by atoms with van der Waals surface area (Å²) in [6.45, 7) is 1.29. The van der Waals surface area contributed by atoms with Crippen molar-refractivity contribution in [3.8, 4) is 0 Å². The number of likely N-dealkylation sites (tertiary alicyclic amines) is 2. The molecule has 4 fully saturated rings. The van der Waals surface area contributed by atoms with Crippen LogP contribution < -0.4 is 0 Å². The van der Waals surface area contributed by atoms with E-state index in [1.165, 1.54) is 0 Å². The maximum Gasteiger partial charge on any atom is 0.226 e. The summed E-state index contributed by atoms with van der Waals surface area (Å²) in [6, 6.07) is 15.5. The molecule has 184 valence electrons. The molecule has 2 aliphatic heterocycles. The van der Waals surface area contributed by atoms with Gasteiger partial charge in [-0.15, -0.1) is 0 Å². The number of fused-ring (bicyclic) bond motifs is 2. The zero-order chi connectivity index (χ0) is 25.1. The van der Waals surface area contributed by atoms with Crippen LogP contribution in [0.1, 0.15) is 63.9 Å². The van der Waals surface area contributed by atoms with Crippen LogP contribution in [0, 0.1) is 11.8 Å². The SMILES string of the molecule is O=C1C=C2N(C(=O)CCCC(=O)N3C[C@H]4CC45C3=CC(=O)c3ccccc35)C[C@H]3CC23c2ccccc21. The first-order valence-electron chi connectivity index (χ1n) is 13.3. The van der Waals surface area contributed by atoms with E-state index in [4.69, 9.17) is 0 Å². The molecule has 2 saturated heterocycles. The Balaban J connectivity index is 0.953. The minimum absolute atomic E-state index is 0.0143. The second-order valence-electron chi connectivity index (χ2n) is 11.5. The molecule has 8 rings (SSSR count). The average molecular weight is 491 g/mol. The zero-order valence-electron chi connectivity index (χ0n) is 20.4. The Bertz CT molecular complexity index is 1420. The number of rotatable bonds is 4. The average Bonchev–Trinajstić information content (AvgIpc) is 3.76. The number of hydrogen-bond acceptors (Lipinski definition) is 4. The first-order chi connectivity index (χ1) is 17.9. The summed E-state index contributed by atoms with van der Waals surface area (Å²) in [6.07, 6.45) is 6.30. The predicted octanol–water partition coefficient (Wildman–Crippen LogP) is 3.92. The molecule has 2 unspecified atom stereocenters. The van der Waals surface area contributed by atoms with Gasteiger partial charge in [-0.25, -0.2) is 0 Å². The molecule has 4 aliphatic carbocycles. The predicted molar refractivity (Wildman–Crippen MR) is 135 cm³/mol. The maximum absolute atomic E-state index is 13.2. The van der Waals surface area contributed by atoms with Gasteiger partial charge in [0.15, 0.2) is 11.6 Å². The third-order valence-corrected chi connectivity index (χ3v) is 9.78. The Morgan fingerprint density at radius 3 is 1.59 bits per heavy atom. The van der Waals surface area contributed by atoms with Gasteiger partial charge in [0.25, 0.3) is 0 Å². The van der Waals surface area contributed by atoms with Gasteiger partial charge in [0.2, 0.25) is 11.8 Å². The summed E-state index contributed by atoms with van der Waals surface area (Å²) >= 11 is 0. The van der Waals surface area contributed by atoms with Crippen LogP contribution in [0.3, 0.4) is 0 Å². The summed E-state index contributed by atoms with van der Waals surface area (Å²) in [5, 5.41) is 0. The van der Waals surface area contributed by atoms with Gasteiger partial charge in [-0.3, -0.25) is 19.2 Å². The van der Waals surface area contributed by atoms with Crippen LogP contribution in [0.25, 0.3) is 0 Å². The number of ketones is 2. The van der Waals surface area contributed by atoms with E-state index in [1.807, 2.05) is 48.5 Å². The van der Waals surface area contributed by atoms with Crippen molar-refractivity contribution in [1.29, 1.82) is 0 Å². The van der Waals surface area contributed by atoms with Gasteiger partial charge in [0.1, 0.15) is 0 Å². The molecule has 2 aromatic carbocycles. The lowest BCUT2D eigenvalue weighted by atomic mass is 9.81. The molecule has 2 saturated carbocycles. The van der Waals surface area contributed by atoms with E-state index in [0.717, 1.165) is 46.5 Å². The zero-order valence-corrected chi connectivity index (χ0v) is 20.4. The highest BCUT2D eigenvalue weighted by atomic mass is 16.2. The number of carbonyl (C=O) groups excluding carboxylic acids is 4. The minimum Gasteiger partial charge on any atom is -0.315 e. The van der Waals surface area contributed by atoms with Gasteiger partial charge in [0.05, 0.1) is 0 Å². The number of hydrogen-bond donors (Lipinski definition) is 0. The Hall–Kier alpha value is -3.80. The molecule has 37 heavy (non-hydrogen) atoms. The van der Waals surface area contributed by atoms with Crippen LogP contribution in [0.15, 0.2) is 72.1 Å². The Morgan fingerprint density at radius 2 is 1.14 bits per heavy atom. The summed E-state index contributed by atoms with van der Waals surface area (Å²) in [5.41, 5.74) is 4.97. The summed E-state index contributed by atoms with van der Waals surface area (Å²) < 4.78 is 0. The van der Waals surface area contributed by atoms with Crippen molar-refractivity contribution in [2.75, 3.05) is 13.1 Å². The molecule has 0 aromatic heterocycles. The maximum atomic E-state index is 13.2. The smallest absolute Gasteiger partial charge is 0.226 e. The topological polar surface area (TPSA) is 74.8 Å².